The maximum absolute atomic E-state index is 12.8. The summed E-state index contributed by atoms with van der Waals surface area (Å²) in [6, 6.07) is 2.78. The molecule has 0 spiro atoms. The highest BCUT2D eigenvalue weighted by molar-refractivity contribution is 5.69. The normalized spacial score (nSPS) is 13.0. The van der Waals surface area contributed by atoms with Crippen LogP contribution in [-0.4, -0.2) is 20.7 Å². The molecule has 0 aromatic carbocycles. The predicted molar refractivity (Wildman–Crippen MR) is 70.9 cm³/mol. The molecule has 0 atom stereocenters. The third-order valence-corrected chi connectivity index (χ3v) is 2.74. The number of halogens is 3. The minimum atomic E-state index is -4.67. The van der Waals surface area contributed by atoms with Crippen LogP contribution in [0.15, 0.2) is 36.6 Å². The van der Waals surface area contributed by atoms with Crippen molar-refractivity contribution < 1.29 is 13.2 Å². The molecule has 21 heavy (non-hydrogen) atoms. The topological polar surface area (TPSA) is 94.8 Å². The monoisotopic (exact) mass is 298 g/mol. The molecule has 0 unspecified atom stereocenters. The van der Waals surface area contributed by atoms with E-state index in [0.717, 1.165) is 0 Å². The Hall–Kier alpha value is -2.55. The van der Waals surface area contributed by atoms with E-state index in [4.69, 9.17) is 11.6 Å². The maximum Gasteiger partial charge on any atom is 0.434 e. The van der Waals surface area contributed by atoms with Crippen LogP contribution in [0.5, 0.6) is 0 Å². The van der Waals surface area contributed by atoms with E-state index in [0.29, 0.717) is 11.4 Å². The zero-order chi connectivity index (χ0) is 15.6. The van der Waals surface area contributed by atoms with E-state index in [1.807, 2.05) is 0 Å². The first-order chi connectivity index (χ1) is 9.82. The van der Waals surface area contributed by atoms with Crippen LogP contribution < -0.4 is 17.0 Å². The summed E-state index contributed by atoms with van der Waals surface area (Å²) >= 11 is 0. The van der Waals surface area contributed by atoms with Gasteiger partial charge in [-0.2, -0.15) is 13.2 Å². The first-order valence-corrected chi connectivity index (χ1v) is 5.81. The third-order valence-electron chi connectivity index (χ3n) is 2.74. The SMILES string of the molecule is Cn1cnc(-c2cc(/C(N)=C(/NN)C(F)(F)F)ccn2)c1. The van der Waals surface area contributed by atoms with E-state index in [2.05, 4.69) is 9.97 Å². The van der Waals surface area contributed by atoms with Crippen molar-refractivity contribution in [2.75, 3.05) is 0 Å². The molecule has 2 aromatic rings. The Morgan fingerprint density at radius 3 is 2.52 bits per heavy atom. The fourth-order valence-electron chi connectivity index (χ4n) is 1.74. The van der Waals surface area contributed by atoms with Gasteiger partial charge in [0.25, 0.3) is 0 Å². The van der Waals surface area contributed by atoms with Gasteiger partial charge in [0.05, 0.1) is 17.7 Å². The van der Waals surface area contributed by atoms with Gasteiger partial charge in [0.15, 0.2) is 5.70 Å². The molecule has 5 N–H and O–H groups in total. The number of pyridine rings is 1. The van der Waals surface area contributed by atoms with Crippen molar-refractivity contribution >= 4 is 5.70 Å². The fraction of sp³-hybridized carbons (Fsp3) is 0.167. The number of imidazole rings is 1. The van der Waals surface area contributed by atoms with Crippen LogP contribution in [0.25, 0.3) is 17.1 Å². The second-order valence-corrected chi connectivity index (χ2v) is 4.28. The summed E-state index contributed by atoms with van der Waals surface area (Å²) in [6.45, 7) is 0. The van der Waals surface area contributed by atoms with Crippen molar-refractivity contribution in [3.8, 4) is 11.4 Å². The quantitative estimate of drug-likeness (QED) is 0.583. The summed E-state index contributed by atoms with van der Waals surface area (Å²) < 4.78 is 40.0. The van der Waals surface area contributed by atoms with Crippen LogP contribution in [0, 0.1) is 0 Å². The molecule has 0 aliphatic carbocycles. The molecule has 0 saturated carbocycles. The third kappa shape index (κ3) is 3.14. The minimum absolute atomic E-state index is 0.149. The molecule has 0 amide bonds. The van der Waals surface area contributed by atoms with Crippen LogP contribution in [-0.2, 0) is 7.05 Å². The molecular formula is C12H13F3N6. The summed E-state index contributed by atoms with van der Waals surface area (Å²) in [6.07, 6.45) is -0.0622. The summed E-state index contributed by atoms with van der Waals surface area (Å²) in [5.74, 6) is 4.91. The number of hydrogen-bond acceptors (Lipinski definition) is 5. The van der Waals surface area contributed by atoms with Crippen molar-refractivity contribution in [1.82, 2.24) is 20.0 Å². The first-order valence-electron chi connectivity index (χ1n) is 5.81. The zero-order valence-corrected chi connectivity index (χ0v) is 11.0. The van der Waals surface area contributed by atoms with Gasteiger partial charge in [-0.3, -0.25) is 10.8 Å². The number of nitrogens with one attached hydrogen (secondary N) is 1. The van der Waals surface area contributed by atoms with E-state index in [1.54, 1.807) is 29.6 Å². The number of alkyl halides is 3. The fourth-order valence-corrected chi connectivity index (χ4v) is 1.74. The Kier molecular flexibility index (Phi) is 3.85. The van der Waals surface area contributed by atoms with E-state index in [1.165, 1.54) is 18.3 Å². The van der Waals surface area contributed by atoms with Crippen molar-refractivity contribution in [1.29, 1.82) is 0 Å². The lowest BCUT2D eigenvalue weighted by Crippen LogP contribution is -2.34. The number of rotatable bonds is 3. The van der Waals surface area contributed by atoms with Gasteiger partial charge in [0.1, 0.15) is 5.69 Å². The summed E-state index contributed by atoms with van der Waals surface area (Å²) in [5.41, 5.74) is 6.52. The molecule has 0 aliphatic heterocycles. The molecular weight excluding hydrogens is 285 g/mol. The number of aryl methyl sites for hydroxylation is 1. The van der Waals surface area contributed by atoms with Crippen LogP contribution in [0.4, 0.5) is 13.2 Å². The average Bonchev–Trinajstić information content (AvgIpc) is 2.85. The van der Waals surface area contributed by atoms with Gasteiger partial charge in [0, 0.05) is 25.0 Å². The first kappa shape index (κ1) is 14.9. The molecule has 6 nitrogen and oxygen atoms in total. The van der Waals surface area contributed by atoms with Gasteiger partial charge in [-0.05, 0) is 12.1 Å². The minimum Gasteiger partial charge on any atom is -0.397 e. The highest BCUT2D eigenvalue weighted by Gasteiger charge is 2.36. The molecule has 0 aliphatic rings. The van der Waals surface area contributed by atoms with Crippen molar-refractivity contribution in [3.63, 3.8) is 0 Å². The van der Waals surface area contributed by atoms with Crippen molar-refractivity contribution in [2.45, 2.75) is 6.18 Å². The molecule has 0 fully saturated rings. The molecule has 2 rings (SSSR count). The van der Waals surface area contributed by atoms with E-state index in [-0.39, 0.29) is 5.56 Å². The molecule has 0 radical (unpaired) electrons. The molecule has 0 bridgehead atoms. The lowest BCUT2D eigenvalue weighted by atomic mass is 10.1. The van der Waals surface area contributed by atoms with E-state index >= 15 is 0 Å². The smallest absolute Gasteiger partial charge is 0.397 e. The Labute approximate surface area is 118 Å². The van der Waals surface area contributed by atoms with Gasteiger partial charge in [0.2, 0.25) is 0 Å². The second-order valence-electron chi connectivity index (χ2n) is 4.28. The number of nitrogens with two attached hydrogens (primary N) is 2. The Morgan fingerprint density at radius 1 is 1.29 bits per heavy atom. The van der Waals surface area contributed by atoms with Gasteiger partial charge in [-0.15, -0.1) is 0 Å². The average molecular weight is 298 g/mol. The van der Waals surface area contributed by atoms with Crippen LogP contribution in [0.3, 0.4) is 0 Å². The zero-order valence-electron chi connectivity index (χ0n) is 11.0. The Balaban J connectivity index is 2.48. The highest BCUT2D eigenvalue weighted by atomic mass is 19.4. The summed E-state index contributed by atoms with van der Waals surface area (Å²) in [7, 11) is 1.77. The van der Waals surface area contributed by atoms with Crippen LogP contribution in [0.1, 0.15) is 5.56 Å². The number of aromatic nitrogens is 3. The molecule has 2 aromatic heterocycles. The summed E-state index contributed by atoms with van der Waals surface area (Å²) in [5, 5.41) is 0. The predicted octanol–water partition coefficient (Wildman–Crippen LogP) is 1.14. The number of allylic oxidation sites excluding steroid dienone is 1. The van der Waals surface area contributed by atoms with Crippen molar-refractivity contribution in [3.05, 3.63) is 42.1 Å². The molecule has 112 valence electrons. The molecule has 0 saturated heterocycles. The molecule has 9 heteroatoms. The van der Waals surface area contributed by atoms with E-state index in [9.17, 15) is 13.2 Å². The number of hydrazine groups is 1. The number of nitrogens with zero attached hydrogens (tertiary/aromatic N) is 3. The van der Waals surface area contributed by atoms with Gasteiger partial charge in [-0.1, -0.05) is 0 Å². The van der Waals surface area contributed by atoms with Gasteiger partial charge >= 0.3 is 6.18 Å². The largest absolute Gasteiger partial charge is 0.434 e. The van der Waals surface area contributed by atoms with Crippen molar-refractivity contribution in [2.24, 2.45) is 18.6 Å². The van der Waals surface area contributed by atoms with E-state index < -0.39 is 17.6 Å². The summed E-state index contributed by atoms with van der Waals surface area (Å²) in [4.78, 5) is 8.15. The Bertz CT molecular complexity index is 674. The van der Waals surface area contributed by atoms with Gasteiger partial charge < -0.3 is 15.7 Å². The maximum atomic E-state index is 12.8. The number of hydrogen-bond donors (Lipinski definition) is 3. The highest BCUT2D eigenvalue weighted by Crippen LogP contribution is 2.28. The molecule has 2 heterocycles. The van der Waals surface area contributed by atoms with Crippen LogP contribution in [0.2, 0.25) is 0 Å². The Morgan fingerprint density at radius 2 is 2.00 bits per heavy atom. The second kappa shape index (κ2) is 5.44. The standard InChI is InChI=1S/C12H13F3N6/c1-21-5-9(19-6-21)8-4-7(2-3-18-8)10(16)11(20-17)12(13,14)15/h2-6,20H,16-17H2,1H3/b11-10-. The van der Waals surface area contributed by atoms with Gasteiger partial charge in [-0.25, -0.2) is 4.98 Å². The lowest BCUT2D eigenvalue weighted by Gasteiger charge is -2.14. The van der Waals surface area contributed by atoms with Crippen LogP contribution >= 0.6 is 0 Å². The lowest BCUT2D eigenvalue weighted by molar-refractivity contribution is -0.0961.